The Balaban J connectivity index is 2.15. The van der Waals surface area contributed by atoms with E-state index in [9.17, 15) is 4.57 Å². The third-order valence-electron chi connectivity index (χ3n) is 2.42. The maximum atomic E-state index is 12.1. The van der Waals surface area contributed by atoms with Gasteiger partial charge in [0.05, 0.1) is 0 Å². The van der Waals surface area contributed by atoms with Gasteiger partial charge in [0.1, 0.15) is 0 Å². The SMILES string of the molecule is O=[P+](C1=CCCC=C1)C1=CCCC=C1. The summed E-state index contributed by atoms with van der Waals surface area (Å²) >= 11 is 0. The average Bonchev–Trinajstić information content (AvgIpc) is 2.30. The van der Waals surface area contributed by atoms with Crippen LogP contribution in [-0.2, 0) is 4.57 Å². The first-order valence-corrected chi connectivity index (χ1v) is 6.34. The molecule has 2 heteroatoms. The molecule has 0 amide bonds. The minimum absolute atomic E-state index is 1.00. The largest absolute Gasteiger partial charge is 0.414 e. The fraction of sp³-hybridized carbons (Fsp3) is 0.333. The Hall–Kier alpha value is -0.940. The molecule has 0 aromatic carbocycles. The van der Waals surface area contributed by atoms with Gasteiger partial charge < -0.3 is 0 Å². The smallest absolute Gasteiger partial charge is 0.0797 e. The molecule has 0 spiro atoms. The minimum Gasteiger partial charge on any atom is -0.0797 e. The van der Waals surface area contributed by atoms with Crippen molar-refractivity contribution in [2.45, 2.75) is 25.7 Å². The van der Waals surface area contributed by atoms with Crippen molar-refractivity contribution in [2.75, 3.05) is 0 Å². The zero-order valence-electron chi connectivity index (χ0n) is 8.15. The standard InChI is InChI=1S/C12H14OP/c13-14(11-7-3-1-4-8-11)12-9-5-2-6-10-12/h3,5,7-10H,1-2,4,6H2/q+1. The summed E-state index contributed by atoms with van der Waals surface area (Å²) in [6.45, 7) is 0. The molecular weight excluding hydrogens is 191 g/mol. The van der Waals surface area contributed by atoms with E-state index in [-0.39, 0.29) is 0 Å². The summed E-state index contributed by atoms with van der Waals surface area (Å²) in [5, 5.41) is 2.01. The Kier molecular flexibility index (Phi) is 3.10. The second-order valence-electron chi connectivity index (χ2n) is 3.51. The van der Waals surface area contributed by atoms with Crippen molar-refractivity contribution in [3.05, 3.63) is 47.1 Å². The second kappa shape index (κ2) is 4.52. The lowest BCUT2D eigenvalue weighted by atomic mass is 10.2. The van der Waals surface area contributed by atoms with Gasteiger partial charge in [-0.25, -0.2) is 0 Å². The molecule has 0 saturated heterocycles. The van der Waals surface area contributed by atoms with Crippen LogP contribution in [0.15, 0.2) is 47.1 Å². The van der Waals surface area contributed by atoms with Gasteiger partial charge in [0.2, 0.25) is 0 Å². The van der Waals surface area contributed by atoms with E-state index in [1.165, 1.54) is 0 Å². The van der Waals surface area contributed by atoms with Crippen molar-refractivity contribution < 1.29 is 4.57 Å². The quantitative estimate of drug-likeness (QED) is 0.615. The van der Waals surface area contributed by atoms with Crippen molar-refractivity contribution in [1.29, 1.82) is 0 Å². The number of allylic oxidation sites excluding steroid dienone is 8. The Morgan fingerprint density at radius 2 is 1.36 bits per heavy atom. The van der Waals surface area contributed by atoms with E-state index >= 15 is 0 Å². The topological polar surface area (TPSA) is 17.1 Å². The molecule has 0 aromatic heterocycles. The third kappa shape index (κ3) is 2.10. The first-order chi connectivity index (χ1) is 6.88. The van der Waals surface area contributed by atoms with Gasteiger partial charge in [-0.15, -0.1) is 0 Å². The van der Waals surface area contributed by atoms with Gasteiger partial charge in [0, 0.05) is 0 Å². The predicted molar refractivity (Wildman–Crippen MR) is 60.5 cm³/mol. The van der Waals surface area contributed by atoms with Crippen LogP contribution in [0.4, 0.5) is 0 Å². The highest BCUT2D eigenvalue weighted by Gasteiger charge is 2.26. The van der Waals surface area contributed by atoms with Gasteiger partial charge >= 0.3 is 7.80 Å². The van der Waals surface area contributed by atoms with Gasteiger partial charge in [-0.3, -0.25) is 0 Å². The first-order valence-electron chi connectivity index (χ1n) is 5.08. The van der Waals surface area contributed by atoms with E-state index in [1.54, 1.807) is 0 Å². The van der Waals surface area contributed by atoms with E-state index in [2.05, 4.69) is 24.3 Å². The molecule has 2 aliphatic rings. The highest BCUT2D eigenvalue weighted by molar-refractivity contribution is 7.54. The van der Waals surface area contributed by atoms with Crippen LogP contribution >= 0.6 is 7.80 Å². The highest BCUT2D eigenvalue weighted by Crippen LogP contribution is 2.44. The van der Waals surface area contributed by atoms with Crippen LogP contribution in [0.5, 0.6) is 0 Å². The van der Waals surface area contributed by atoms with Crippen LogP contribution in [-0.4, -0.2) is 0 Å². The van der Waals surface area contributed by atoms with Crippen molar-refractivity contribution in [3.8, 4) is 0 Å². The Bertz CT molecular complexity index is 325. The van der Waals surface area contributed by atoms with E-state index in [0.717, 1.165) is 36.3 Å². The van der Waals surface area contributed by atoms with Crippen LogP contribution in [0.2, 0.25) is 0 Å². The molecule has 0 aromatic rings. The van der Waals surface area contributed by atoms with Crippen molar-refractivity contribution in [2.24, 2.45) is 0 Å². The van der Waals surface area contributed by atoms with Crippen molar-refractivity contribution in [3.63, 3.8) is 0 Å². The summed E-state index contributed by atoms with van der Waals surface area (Å²) in [4.78, 5) is 0. The van der Waals surface area contributed by atoms with Crippen LogP contribution in [0, 0.1) is 0 Å². The van der Waals surface area contributed by atoms with Gasteiger partial charge in [-0.1, -0.05) is 16.7 Å². The lowest BCUT2D eigenvalue weighted by molar-refractivity contribution is 0.595. The molecule has 0 atom stereocenters. The van der Waals surface area contributed by atoms with Crippen LogP contribution < -0.4 is 0 Å². The molecule has 0 fully saturated rings. The van der Waals surface area contributed by atoms with E-state index in [4.69, 9.17) is 0 Å². The third-order valence-corrected chi connectivity index (χ3v) is 4.02. The first kappa shape index (κ1) is 9.61. The lowest BCUT2D eigenvalue weighted by Gasteiger charge is -1.99. The van der Waals surface area contributed by atoms with Gasteiger partial charge in [-0.2, -0.15) is 0 Å². The molecule has 2 rings (SSSR count). The monoisotopic (exact) mass is 205 g/mol. The molecule has 72 valence electrons. The minimum atomic E-state index is -1.32. The molecule has 0 saturated carbocycles. The Labute approximate surface area is 85.7 Å². The van der Waals surface area contributed by atoms with Gasteiger partial charge in [-0.05, 0) is 50.0 Å². The molecule has 0 N–H and O–H groups in total. The zero-order valence-corrected chi connectivity index (χ0v) is 9.04. The summed E-state index contributed by atoms with van der Waals surface area (Å²) < 4.78 is 12.1. The summed E-state index contributed by atoms with van der Waals surface area (Å²) in [5.41, 5.74) is 0. The Morgan fingerprint density at radius 3 is 1.71 bits per heavy atom. The fourth-order valence-corrected chi connectivity index (χ4v) is 3.02. The van der Waals surface area contributed by atoms with Crippen LogP contribution in [0.3, 0.4) is 0 Å². The molecule has 2 aliphatic carbocycles. The molecule has 0 aliphatic heterocycles. The van der Waals surface area contributed by atoms with Gasteiger partial charge in [0.25, 0.3) is 0 Å². The Morgan fingerprint density at radius 1 is 0.857 bits per heavy atom. The summed E-state index contributed by atoms with van der Waals surface area (Å²) in [7, 11) is -1.32. The van der Waals surface area contributed by atoms with E-state index < -0.39 is 7.80 Å². The second-order valence-corrected chi connectivity index (χ2v) is 5.13. The summed E-state index contributed by atoms with van der Waals surface area (Å²) in [6.07, 6.45) is 16.7. The van der Waals surface area contributed by atoms with Gasteiger partial charge in [0.15, 0.2) is 10.6 Å². The zero-order chi connectivity index (χ0) is 9.80. The predicted octanol–water partition coefficient (Wildman–Crippen LogP) is 4.28. The highest BCUT2D eigenvalue weighted by atomic mass is 31.1. The van der Waals surface area contributed by atoms with Crippen molar-refractivity contribution in [1.82, 2.24) is 0 Å². The maximum Gasteiger partial charge on any atom is 0.414 e. The maximum absolute atomic E-state index is 12.1. The number of rotatable bonds is 2. The molecule has 1 nitrogen and oxygen atoms in total. The molecule has 0 unspecified atom stereocenters. The summed E-state index contributed by atoms with van der Waals surface area (Å²) in [6, 6.07) is 0. The molecular formula is C12H14OP+. The van der Waals surface area contributed by atoms with E-state index in [0.29, 0.717) is 0 Å². The van der Waals surface area contributed by atoms with Crippen molar-refractivity contribution >= 4 is 7.80 Å². The number of hydrogen-bond donors (Lipinski definition) is 0. The lowest BCUT2D eigenvalue weighted by Crippen LogP contribution is -1.84. The molecule has 14 heavy (non-hydrogen) atoms. The molecule has 0 heterocycles. The summed E-state index contributed by atoms with van der Waals surface area (Å²) in [5.74, 6) is 0. The van der Waals surface area contributed by atoms with Crippen LogP contribution in [0.25, 0.3) is 0 Å². The van der Waals surface area contributed by atoms with E-state index in [1.807, 2.05) is 12.2 Å². The molecule has 0 radical (unpaired) electrons. The number of hydrogen-bond acceptors (Lipinski definition) is 1. The average molecular weight is 205 g/mol. The molecule has 0 bridgehead atoms. The fourth-order valence-electron chi connectivity index (χ4n) is 1.65. The van der Waals surface area contributed by atoms with Crippen LogP contribution in [0.1, 0.15) is 25.7 Å². The normalized spacial score (nSPS) is 20.3.